The highest BCUT2D eigenvalue weighted by molar-refractivity contribution is 6.48. The molecule has 0 atom stereocenters. The molecule has 4 heteroatoms. The van der Waals surface area contributed by atoms with Gasteiger partial charge < -0.3 is 5.11 Å². The van der Waals surface area contributed by atoms with Gasteiger partial charge in [-0.2, -0.15) is 0 Å². The molecule has 1 nitrogen and oxygen atoms in total. The van der Waals surface area contributed by atoms with Crippen molar-refractivity contribution < 1.29 is 5.11 Å². The van der Waals surface area contributed by atoms with E-state index in [9.17, 15) is 0 Å². The molecule has 0 saturated heterocycles. The van der Waals surface area contributed by atoms with Gasteiger partial charge in [0.1, 0.15) is 0 Å². The van der Waals surface area contributed by atoms with E-state index in [4.69, 9.17) is 39.9 Å². The fraction of sp³-hybridized carbons (Fsp3) is 0.333. The first-order valence-corrected chi connectivity index (χ1v) is 6.08. The van der Waals surface area contributed by atoms with E-state index in [-0.39, 0.29) is 0 Å². The van der Waals surface area contributed by atoms with E-state index in [1.54, 1.807) is 18.2 Å². The fourth-order valence-corrected chi connectivity index (χ4v) is 1.48. The molecule has 1 rings (SSSR count). The van der Waals surface area contributed by atoms with E-state index in [1.807, 2.05) is 0 Å². The topological polar surface area (TPSA) is 20.2 Å². The van der Waals surface area contributed by atoms with Crippen molar-refractivity contribution >= 4 is 40.9 Å². The summed E-state index contributed by atoms with van der Waals surface area (Å²) in [5.74, 6) is 0. The van der Waals surface area contributed by atoms with E-state index in [0.717, 1.165) is 18.4 Å². The molecule has 0 radical (unpaired) electrons. The van der Waals surface area contributed by atoms with E-state index in [0.29, 0.717) is 21.7 Å². The molecule has 1 aromatic carbocycles. The second-order valence-corrected chi connectivity index (χ2v) is 4.21. The monoisotopic (exact) mass is 280 g/mol. The number of aliphatic hydroxyl groups excluding tert-OH is 1. The number of aliphatic hydroxyl groups is 1. The Labute approximate surface area is 112 Å². The van der Waals surface area contributed by atoms with Crippen LogP contribution < -0.4 is 0 Å². The average Bonchev–Trinajstić information content (AvgIpc) is 2.28. The van der Waals surface area contributed by atoms with Gasteiger partial charge in [-0.15, -0.1) is 0 Å². The first kappa shape index (κ1) is 15.8. The third kappa shape index (κ3) is 5.22. The van der Waals surface area contributed by atoms with Gasteiger partial charge in [0.25, 0.3) is 0 Å². The van der Waals surface area contributed by atoms with Gasteiger partial charge in [0.2, 0.25) is 0 Å². The first-order valence-electron chi connectivity index (χ1n) is 4.95. The first-order chi connectivity index (χ1) is 7.58. The molecule has 0 aliphatic rings. The Hall–Kier alpha value is -0.210. The van der Waals surface area contributed by atoms with Gasteiger partial charge >= 0.3 is 0 Å². The maximum Gasteiger partial charge on any atom is 0.0784 e. The average molecular weight is 282 g/mol. The minimum atomic E-state index is 0.344. The summed E-state index contributed by atoms with van der Waals surface area (Å²) in [6, 6.07) is 3.45. The molecule has 0 spiro atoms. The lowest BCUT2D eigenvalue weighted by Crippen LogP contribution is -1.76. The van der Waals surface area contributed by atoms with Crippen molar-refractivity contribution in [3.63, 3.8) is 0 Å². The van der Waals surface area contributed by atoms with Crippen LogP contribution in [0.5, 0.6) is 0 Å². The van der Waals surface area contributed by atoms with Crippen LogP contribution in [-0.4, -0.2) is 11.7 Å². The molecule has 1 N–H and O–H groups in total. The van der Waals surface area contributed by atoms with Crippen molar-refractivity contribution in [3.05, 3.63) is 39.3 Å². The molecule has 16 heavy (non-hydrogen) atoms. The molecule has 0 unspecified atom stereocenters. The second-order valence-electron chi connectivity index (χ2n) is 3.05. The van der Waals surface area contributed by atoms with Crippen molar-refractivity contribution in [2.45, 2.75) is 19.8 Å². The highest BCUT2D eigenvalue weighted by Crippen LogP contribution is 2.32. The van der Waals surface area contributed by atoms with Crippen LogP contribution in [0.2, 0.25) is 15.1 Å². The third-order valence-electron chi connectivity index (χ3n) is 1.80. The van der Waals surface area contributed by atoms with Gasteiger partial charge in [0.15, 0.2) is 0 Å². The summed E-state index contributed by atoms with van der Waals surface area (Å²) in [4.78, 5) is 0. The van der Waals surface area contributed by atoms with Gasteiger partial charge in [-0.05, 0) is 18.1 Å². The number of rotatable bonds is 3. The Morgan fingerprint density at radius 2 is 1.88 bits per heavy atom. The van der Waals surface area contributed by atoms with Crippen molar-refractivity contribution in [1.82, 2.24) is 0 Å². The molecule has 0 heterocycles. The summed E-state index contributed by atoms with van der Waals surface area (Å²) in [7, 11) is 0. The normalized spacial score (nSPS) is 9.31. The van der Waals surface area contributed by atoms with Crippen LogP contribution in [0.4, 0.5) is 0 Å². The molecule has 0 saturated carbocycles. The second kappa shape index (κ2) is 8.89. The number of unbranched alkanes of at least 4 members (excludes halogenated alkanes) is 1. The molecular formula is C12H15Cl3O. The lowest BCUT2D eigenvalue weighted by molar-refractivity contribution is 0.287. The summed E-state index contributed by atoms with van der Waals surface area (Å²) in [5.41, 5.74) is 0.793. The molecule has 1 aromatic rings. The van der Waals surface area contributed by atoms with E-state index in [1.165, 1.54) is 0 Å². The third-order valence-corrected chi connectivity index (χ3v) is 3.10. The van der Waals surface area contributed by atoms with Crippen LogP contribution in [0, 0.1) is 0 Å². The number of hydrogen-bond acceptors (Lipinski definition) is 1. The van der Waals surface area contributed by atoms with Crippen LogP contribution in [0.25, 0.3) is 6.08 Å². The summed E-state index contributed by atoms with van der Waals surface area (Å²) >= 11 is 17.3. The predicted molar refractivity (Wildman–Crippen MR) is 73.6 cm³/mol. The molecule has 0 aliphatic carbocycles. The van der Waals surface area contributed by atoms with E-state index >= 15 is 0 Å². The van der Waals surface area contributed by atoms with Crippen LogP contribution in [-0.2, 0) is 0 Å². The highest BCUT2D eigenvalue weighted by atomic mass is 35.5. The van der Waals surface area contributed by atoms with Crippen molar-refractivity contribution in [1.29, 1.82) is 0 Å². The highest BCUT2D eigenvalue weighted by Gasteiger charge is 2.05. The van der Waals surface area contributed by atoms with E-state index in [2.05, 4.69) is 13.5 Å². The Bertz CT molecular complexity index is 335. The van der Waals surface area contributed by atoms with Gasteiger partial charge in [-0.3, -0.25) is 0 Å². The maximum absolute atomic E-state index is 8.07. The Morgan fingerprint density at radius 1 is 1.25 bits per heavy atom. The van der Waals surface area contributed by atoms with Gasteiger partial charge in [0.05, 0.1) is 15.1 Å². The lowest BCUT2D eigenvalue weighted by atomic mass is 10.2. The summed E-state index contributed by atoms with van der Waals surface area (Å²) in [6.45, 7) is 5.97. The van der Waals surface area contributed by atoms with Crippen molar-refractivity contribution in [2.75, 3.05) is 6.61 Å². The van der Waals surface area contributed by atoms with E-state index < -0.39 is 0 Å². The molecule has 0 amide bonds. The summed E-state index contributed by atoms with van der Waals surface area (Å²) in [6.07, 6.45) is 3.67. The van der Waals surface area contributed by atoms with Crippen molar-refractivity contribution in [3.8, 4) is 0 Å². The zero-order valence-electron chi connectivity index (χ0n) is 9.14. The predicted octanol–water partition coefficient (Wildman–Crippen LogP) is 5.07. The van der Waals surface area contributed by atoms with Gasteiger partial charge in [0, 0.05) is 6.61 Å². The van der Waals surface area contributed by atoms with Crippen LogP contribution in [0.3, 0.4) is 0 Å². The SMILES string of the molecule is C=Cc1ccc(Cl)c(Cl)c1Cl.CCCCO. The number of benzene rings is 1. The smallest absolute Gasteiger partial charge is 0.0784 e. The maximum atomic E-state index is 8.07. The molecule has 0 fully saturated rings. The van der Waals surface area contributed by atoms with Gasteiger partial charge in [-0.1, -0.05) is 66.9 Å². The lowest BCUT2D eigenvalue weighted by Gasteiger charge is -2.01. The minimum absolute atomic E-state index is 0.344. The van der Waals surface area contributed by atoms with Crippen LogP contribution in [0.15, 0.2) is 18.7 Å². The molecular weight excluding hydrogens is 266 g/mol. The fourth-order valence-electron chi connectivity index (χ4n) is 0.857. The Kier molecular flexibility index (Phi) is 8.77. The Balaban J connectivity index is 0.000000385. The zero-order valence-corrected chi connectivity index (χ0v) is 11.4. The molecule has 90 valence electrons. The molecule has 0 bridgehead atoms. The zero-order chi connectivity index (χ0) is 12.6. The van der Waals surface area contributed by atoms with Crippen molar-refractivity contribution in [2.24, 2.45) is 0 Å². The standard InChI is InChI=1S/C8H5Cl3.C4H10O/c1-2-5-3-4-6(9)8(11)7(5)10;1-2-3-4-5/h2-4H,1H2;5H,2-4H2,1H3. The van der Waals surface area contributed by atoms with Gasteiger partial charge in [-0.25, -0.2) is 0 Å². The summed E-state index contributed by atoms with van der Waals surface area (Å²) < 4.78 is 0. The quantitative estimate of drug-likeness (QED) is 0.767. The number of halogens is 3. The summed E-state index contributed by atoms with van der Waals surface area (Å²) in [5, 5.41) is 9.36. The molecule has 0 aliphatic heterocycles. The minimum Gasteiger partial charge on any atom is -0.396 e. The Morgan fingerprint density at radius 3 is 2.25 bits per heavy atom. The van der Waals surface area contributed by atoms with Crippen LogP contribution >= 0.6 is 34.8 Å². The number of hydrogen-bond donors (Lipinski definition) is 1. The largest absolute Gasteiger partial charge is 0.396 e. The molecule has 0 aromatic heterocycles. The van der Waals surface area contributed by atoms with Crippen LogP contribution in [0.1, 0.15) is 25.3 Å².